The first-order valence-corrected chi connectivity index (χ1v) is 20.0. The molecule has 4 aliphatic heterocycles. The van der Waals surface area contributed by atoms with E-state index in [2.05, 4.69) is 17.2 Å². The number of amides is 2. The van der Waals surface area contributed by atoms with Crippen LogP contribution in [-0.4, -0.2) is 96.9 Å². The summed E-state index contributed by atoms with van der Waals surface area (Å²) in [6.45, 7) is 13.4. The lowest BCUT2D eigenvalue weighted by Crippen LogP contribution is -2.73. The number of thioether (sulfide) groups is 1. The number of allylic oxidation sites excluding steroid dienone is 2. The monoisotopic (exact) mass is 726 g/mol. The van der Waals surface area contributed by atoms with Gasteiger partial charge in [-0.15, -0.1) is 0 Å². The molecule has 8 aliphatic rings. The van der Waals surface area contributed by atoms with Gasteiger partial charge in [-0.05, 0) is 102 Å². The molecular weight excluding hydrogens is 673 g/mol. The second kappa shape index (κ2) is 11.6. The number of hydrogen-bond donors (Lipinski definition) is 5. The van der Waals surface area contributed by atoms with Gasteiger partial charge in [0.15, 0.2) is 11.9 Å². The van der Waals surface area contributed by atoms with Crippen LogP contribution in [-0.2, 0) is 23.8 Å². The second-order valence-electron chi connectivity index (χ2n) is 17.5. The molecule has 0 aromatic heterocycles. The molecule has 0 bridgehead atoms. The van der Waals surface area contributed by atoms with Gasteiger partial charge in [-0.3, -0.25) is 9.59 Å². The minimum atomic E-state index is -1.70. The molecule has 0 aromatic rings. The molecule has 8 rings (SSSR count). The van der Waals surface area contributed by atoms with Crippen molar-refractivity contribution in [2.45, 2.75) is 157 Å². The largest absolute Gasteiger partial charge is 0.487 e. The summed E-state index contributed by atoms with van der Waals surface area (Å²) in [5.74, 6) is 0.303. The molecule has 51 heavy (non-hydrogen) atoms. The van der Waals surface area contributed by atoms with Crippen LogP contribution in [0.2, 0.25) is 0 Å². The number of unbranched alkanes of at least 4 members (excludes halogenated alkanes) is 1. The minimum Gasteiger partial charge on any atom is -0.487 e. The Morgan fingerprint density at radius 3 is 2.65 bits per heavy atom. The molecule has 14 atom stereocenters. The summed E-state index contributed by atoms with van der Waals surface area (Å²) in [4.78, 5) is 39.0. The first-order chi connectivity index (χ1) is 23.9. The van der Waals surface area contributed by atoms with Gasteiger partial charge < -0.3 is 40.2 Å². The summed E-state index contributed by atoms with van der Waals surface area (Å²) in [6, 6.07) is 0.201. The van der Waals surface area contributed by atoms with Crippen LogP contribution < -0.4 is 10.6 Å². The summed E-state index contributed by atoms with van der Waals surface area (Å²) in [6.07, 6.45) is 6.27. The van der Waals surface area contributed by atoms with Crippen molar-refractivity contribution in [2.75, 3.05) is 5.75 Å². The standard InChI is InChI=1S/C39H54N2O9S/c1-20-17-29(48-22(3)21(20)2)36(6,45)38(47)16-15-37(46)24-18-30-39(50-30)28(12-11-27(42)35(39,5)23(24)13-14-34(37,38)4)49-31(43)10-8-7-9-26-32-25(19-51-26)40-33(44)41-32/h11-12,23-26,28-30,32,45-47H,3,7-10,13-19H2,1-2,4-6H3,(H2,40,41,44)/t23?,24?,25?,26?,28-,29?,30-,32?,34+,35+,36+,37-,38+,39-/m1/s1. The van der Waals surface area contributed by atoms with E-state index in [9.17, 15) is 29.7 Å². The van der Waals surface area contributed by atoms with Crippen molar-refractivity contribution in [3.8, 4) is 0 Å². The predicted molar refractivity (Wildman–Crippen MR) is 189 cm³/mol. The molecule has 3 saturated carbocycles. The number of hydrogen-bond acceptors (Lipinski definition) is 10. The summed E-state index contributed by atoms with van der Waals surface area (Å²) >= 11 is 1.86. The Morgan fingerprint density at radius 2 is 1.90 bits per heavy atom. The van der Waals surface area contributed by atoms with Crippen LogP contribution in [0.1, 0.15) is 98.8 Å². The summed E-state index contributed by atoms with van der Waals surface area (Å²) in [7, 11) is 0. The summed E-state index contributed by atoms with van der Waals surface area (Å²) < 4.78 is 18.8. The van der Waals surface area contributed by atoms with Gasteiger partial charge >= 0.3 is 12.0 Å². The molecule has 4 heterocycles. The van der Waals surface area contributed by atoms with Crippen LogP contribution in [0.25, 0.3) is 0 Å². The average Bonchev–Trinajstić information content (AvgIpc) is 3.43. The summed E-state index contributed by atoms with van der Waals surface area (Å²) in [5.41, 5.74) is -5.91. The number of aliphatic hydroxyl groups is 3. The molecule has 280 valence electrons. The Hall–Kier alpha value is -2.38. The molecular formula is C39H54N2O9S. The van der Waals surface area contributed by atoms with Gasteiger partial charge in [-0.25, -0.2) is 4.79 Å². The Bertz CT molecular complexity index is 1630. The number of esters is 1. The third kappa shape index (κ3) is 4.61. The van der Waals surface area contributed by atoms with Crippen LogP contribution in [0.3, 0.4) is 0 Å². The molecule has 12 heteroatoms. The Labute approximate surface area is 304 Å². The first kappa shape index (κ1) is 35.6. The fraction of sp³-hybridized carbons (Fsp3) is 0.769. The van der Waals surface area contributed by atoms with Crippen LogP contribution in [0, 0.1) is 22.7 Å². The molecule has 0 aromatic carbocycles. The van der Waals surface area contributed by atoms with E-state index in [0.717, 1.165) is 29.7 Å². The van der Waals surface area contributed by atoms with E-state index >= 15 is 0 Å². The highest BCUT2D eigenvalue weighted by molar-refractivity contribution is 8.00. The summed E-state index contributed by atoms with van der Waals surface area (Å²) in [5, 5.41) is 44.1. The zero-order valence-corrected chi connectivity index (χ0v) is 31.3. The van der Waals surface area contributed by atoms with Crippen molar-refractivity contribution in [1.82, 2.24) is 10.6 Å². The third-order valence-electron chi connectivity index (χ3n) is 15.5. The molecule has 2 amide bonds. The van der Waals surface area contributed by atoms with Crippen molar-refractivity contribution in [3.63, 3.8) is 0 Å². The number of ketones is 1. The highest BCUT2D eigenvalue weighted by Gasteiger charge is 2.85. The zero-order valence-electron chi connectivity index (χ0n) is 30.5. The highest BCUT2D eigenvalue weighted by atomic mass is 32.2. The molecule has 4 aliphatic carbocycles. The molecule has 5 N–H and O–H groups in total. The number of epoxide rings is 1. The van der Waals surface area contributed by atoms with Gasteiger partial charge in [0.1, 0.15) is 28.7 Å². The van der Waals surface area contributed by atoms with Crippen LogP contribution >= 0.6 is 11.8 Å². The second-order valence-corrected chi connectivity index (χ2v) is 18.8. The van der Waals surface area contributed by atoms with Crippen molar-refractivity contribution >= 4 is 29.5 Å². The van der Waals surface area contributed by atoms with Crippen LogP contribution in [0.4, 0.5) is 4.79 Å². The molecule has 3 saturated heterocycles. The topological polar surface area (TPSA) is 167 Å². The average molecular weight is 727 g/mol. The quantitative estimate of drug-likeness (QED) is 0.107. The van der Waals surface area contributed by atoms with E-state index in [1.54, 1.807) is 13.0 Å². The molecule has 0 radical (unpaired) electrons. The normalized spacial score (nSPS) is 49.1. The van der Waals surface area contributed by atoms with Gasteiger partial charge in [-0.1, -0.05) is 25.5 Å². The Morgan fingerprint density at radius 1 is 1.14 bits per heavy atom. The fourth-order valence-corrected chi connectivity index (χ4v) is 13.6. The van der Waals surface area contributed by atoms with E-state index < -0.39 is 51.5 Å². The van der Waals surface area contributed by atoms with E-state index in [-0.39, 0.29) is 61.0 Å². The lowest BCUT2D eigenvalue weighted by atomic mass is 9.42. The van der Waals surface area contributed by atoms with Crippen molar-refractivity contribution < 1.29 is 43.9 Å². The number of urea groups is 1. The Balaban J connectivity index is 0.969. The molecule has 6 unspecified atom stereocenters. The number of carbonyl (C=O) groups excluding carboxylic acids is 3. The lowest BCUT2D eigenvalue weighted by Gasteiger charge is -2.63. The van der Waals surface area contributed by atoms with Gasteiger partial charge in [0, 0.05) is 29.3 Å². The van der Waals surface area contributed by atoms with Crippen molar-refractivity contribution in [2.24, 2.45) is 22.7 Å². The maximum atomic E-state index is 14.0. The van der Waals surface area contributed by atoms with Crippen molar-refractivity contribution in [3.05, 3.63) is 35.6 Å². The predicted octanol–water partition coefficient (Wildman–Crippen LogP) is 3.99. The van der Waals surface area contributed by atoms with Crippen LogP contribution in [0.5, 0.6) is 0 Å². The fourth-order valence-electron chi connectivity index (χ4n) is 12.1. The van der Waals surface area contributed by atoms with Gasteiger partial charge in [0.05, 0.1) is 29.2 Å². The maximum absolute atomic E-state index is 14.0. The third-order valence-corrected chi connectivity index (χ3v) is 17.1. The van der Waals surface area contributed by atoms with Gasteiger partial charge in [-0.2, -0.15) is 11.8 Å². The Kier molecular flexibility index (Phi) is 8.08. The maximum Gasteiger partial charge on any atom is 0.315 e. The smallest absolute Gasteiger partial charge is 0.315 e. The van der Waals surface area contributed by atoms with Crippen molar-refractivity contribution in [1.29, 1.82) is 0 Å². The molecule has 6 fully saturated rings. The van der Waals surface area contributed by atoms with E-state index in [0.29, 0.717) is 43.1 Å². The molecule has 11 nitrogen and oxygen atoms in total. The van der Waals surface area contributed by atoms with Crippen LogP contribution in [0.15, 0.2) is 35.6 Å². The van der Waals surface area contributed by atoms with E-state index in [1.807, 2.05) is 39.5 Å². The van der Waals surface area contributed by atoms with E-state index in [4.69, 9.17) is 14.2 Å². The lowest BCUT2D eigenvalue weighted by molar-refractivity contribution is -0.282. The number of nitrogens with one attached hydrogen (secondary N) is 2. The van der Waals surface area contributed by atoms with Gasteiger partial charge in [0.25, 0.3) is 0 Å². The number of fused-ring (bicyclic) bond motifs is 5. The number of carbonyl (C=O) groups is 3. The number of ether oxygens (including phenoxy) is 3. The first-order valence-electron chi connectivity index (χ1n) is 18.9. The zero-order chi connectivity index (χ0) is 36.5. The number of rotatable bonds is 8. The van der Waals surface area contributed by atoms with Gasteiger partial charge in [0.2, 0.25) is 0 Å². The van der Waals surface area contributed by atoms with E-state index in [1.165, 1.54) is 6.08 Å². The SMILES string of the molecule is C=C1OC([C@](C)(O)[C@]2(O)CC[C@@]3(O)C4C[C@H]5O[C@]56[C@H](OC(=O)CCCCC5SCC7NC(=O)NC75)C=CC(=O)[C@]6(C)C4CC[C@]23C)CC(C)=C1C. The minimum absolute atomic E-state index is 0.0907. The highest BCUT2D eigenvalue weighted by Crippen LogP contribution is 2.75. The molecule has 1 spiro atoms.